The van der Waals surface area contributed by atoms with Crippen LogP contribution in [-0.2, 0) is 19.5 Å². The lowest BCUT2D eigenvalue weighted by molar-refractivity contribution is 0.262. The van der Waals surface area contributed by atoms with Crippen LogP contribution in [0.15, 0.2) is 48.9 Å². The molecule has 4 aromatic rings. The number of nitrogens with zero attached hydrogens (tertiary/aromatic N) is 6. The van der Waals surface area contributed by atoms with E-state index < -0.39 is 11.8 Å². The summed E-state index contributed by atoms with van der Waals surface area (Å²) in [5, 5.41) is 13.7. The van der Waals surface area contributed by atoms with Crippen molar-refractivity contribution >= 4 is 17.5 Å². The van der Waals surface area contributed by atoms with E-state index in [1.54, 1.807) is 40.9 Å². The number of ether oxygens (including phenoxy) is 1. The minimum atomic E-state index is -0.618. The van der Waals surface area contributed by atoms with Crippen LogP contribution in [0.25, 0.3) is 11.3 Å². The quantitative estimate of drug-likeness (QED) is 0.450. The molecule has 4 rings (SSSR count). The second kappa shape index (κ2) is 8.93. The Hall–Kier alpha value is -4.28. The van der Waals surface area contributed by atoms with E-state index in [2.05, 4.69) is 30.8 Å². The maximum Gasteiger partial charge on any atom is 0.324 e. The Kier molecular flexibility index (Phi) is 6.01. The molecule has 0 fully saturated rings. The van der Waals surface area contributed by atoms with Gasteiger partial charge in [-0.25, -0.2) is 14.2 Å². The lowest BCUT2D eigenvalue weighted by Crippen LogP contribution is -2.21. The first kappa shape index (κ1) is 22.9. The van der Waals surface area contributed by atoms with Gasteiger partial charge in [-0.2, -0.15) is 15.2 Å². The number of nitrogens with one attached hydrogen (secondary N) is 2. The smallest absolute Gasteiger partial charge is 0.324 e. The predicted molar refractivity (Wildman–Crippen MR) is 125 cm³/mol. The zero-order valence-corrected chi connectivity index (χ0v) is 19.5. The van der Waals surface area contributed by atoms with Gasteiger partial charge in [-0.15, -0.1) is 0 Å². The van der Waals surface area contributed by atoms with Crippen LogP contribution in [0.1, 0.15) is 26.5 Å². The van der Waals surface area contributed by atoms with Gasteiger partial charge in [-0.05, 0) is 18.2 Å². The molecule has 34 heavy (non-hydrogen) atoms. The highest BCUT2D eigenvalue weighted by atomic mass is 19.1. The number of halogens is 1. The number of hydrogen-bond donors (Lipinski definition) is 2. The number of aromatic nitrogens is 6. The predicted octanol–water partition coefficient (Wildman–Crippen LogP) is 4.48. The van der Waals surface area contributed by atoms with E-state index >= 15 is 0 Å². The molecule has 0 aliphatic carbocycles. The summed E-state index contributed by atoms with van der Waals surface area (Å²) >= 11 is 0. The summed E-state index contributed by atoms with van der Waals surface area (Å²) in [4.78, 5) is 21.0. The number of anilines is 2. The summed E-state index contributed by atoms with van der Waals surface area (Å²) in [6.45, 7) is 6.07. The molecule has 2 amide bonds. The standard InChI is InChI=1S/C23H25FN8O2/c1-23(2,3)19-11-20(32(5)30-19)29-21(33)27-18-10-15(6-7-16(18)24)34-22-25-9-8-17(28-22)14-12-26-31(4)13-14/h6-13H,1-5H3,(H2,27,29,33). The van der Waals surface area contributed by atoms with Crippen molar-refractivity contribution in [2.45, 2.75) is 26.2 Å². The van der Waals surface area contributed by atoms with E-state index in [9.17, 15) is 9.18 Å². The number of carbonyl (C=O) groups is 1. The third kappa shape index (κ3) is 5.20. The average Bonchev–Trinajstić information content (AvgIpc) is 3.36. The fraction of sp³-hybridized carbons (Fsp3) is 0.261. The number of carbonyl (C=O) groups excluding carboxylic acids is 1. The molecule has 2 N–H and O–H groups in total. The Morgan fingerprint density at radius 1 is 1.12 bits per heavy atom. The van der Waals surface area contributed by atoms with Crippen LogP contribution in [0.3, 0.4) is 0 Å². The largest absolute Gasteiger partial charge is 0.424 e. The first-order valence-corrected chi connectivity index (χ1v) is 10.5. The molecule has 0 aliphatic rings. The molecular weight excluding hydrogens is 439 g/mol. The molecule has 0 atom stereocenters. The van der Waals surface area contributed by atoms with Crippen molar-refractivity contribution in [2.75, 3.05) is 10.6 Å². The Balaban J connectivity index is 1.47. The fourth-order valence-corrected chi connectivity index (χ4v) is 3.09. The van der Waals surface area contributed by atoms with Gasteiger partial charge in [0.05, 0.1) is 23.3 Å². The van der Waals surface area contributed by atoms with Gasteiger partial charge < -0.3 is 10.1 Å². The molecule has 176 valence electrons. The number of rotatable bonds is 5. The normalized spacial score (nSPS) is 11.4. The van der Waals surface area contributed by atoms with Crippen molar-refractivity contribution in [3.8, 4) is 23.0 Å². The van der Waals surface area contributed by atoms with Crippen molar-refractivity contribution in [3.63, 3.8) is 0 Å². The second-order valence-corrected chi connectivity index (χ2v) is 8.74. The van der Waals surface area contributed by atoms with Gasteiger partial charge in [0.2, 0.25) is 0 Å². The summed E-state index contributed by atoms with van der Waals surface area (Å²) in [5.41, 5.74) is 2.01. The number of benzene rings is 1. The summed E-state index contributed by atoms with van der Waals surface area (Å²) in [7, 11) is 3.53. The van der Waals surface area contributed by atoms with E-state index in [1.807, 2.05) is 34.0 Å². The van der Waals surface area contributed by atoms with Crippen molar-refractivity contribution < 1.29 is 13.9 Å². The molecule has 0 saturated carbocycles. The molecule has 11 heteroatoms. The molecule has 0 saturated heterocycles. The van der Waals surface area contributed by atoms with E-state index in [0.717, 1.165) is 11.3 Å². The molecule has 10 nitrogen and oxygen atoms in total. The van der Waals surface area contributed by atoms with Gasteiger partial charge in [0.1, 0.15) is 17.4 Å². The highest BCUT2D eigenvalue weighted by Crippen LogP contribution is 2.27. The summed E-state index contributed by atoms with van der Waals surface area (Å²) in [6.07, 6.45) is 5.05. The van der Waals surface area contributed by atoms with E-state index in [1.165, 1.54) is 18.2 Å². The van der Waals surface area contributed by atoms with Crippen LogP contribution < -0.4 is 15.4 Å². The SMILES string of the molecule is Cn1cc(-c2ccnc(Oc3ccc(F)c(NC(=O)Nc4cc(C(C)(C)C)nn4C)c3)n2)cn1. The number of hydrogen-bond acceptors (Lipinski definition) is 6. The molecule has 0 bridgehead atoms. The fourth-order valence-electron chi connectivity index (χ4n) is 3.09. The Bertz CT molecular complexity index is 1340. The molecule has 0 unspecified atom stereocenters. The monoisotopic (exact) mass is 464 g/mol. The minimum absolute atomic E-state index is 0.0587. The molecular formula is C23H25FN8O2. The van der Waals surface area contributed by atoms with Crippen LogP contribution in [-0.4, -0.2) is 35.6 Å². The summed E-state index contributed by atoms with van der Waals surface area (Å²) in [6, 6.07) is 6.95. The zero-order valence-electron chi connectivity index (χ0n) is 19.5. The van der Waals surface area contributed by atoms with E-state index in [-0.39, 0.29) is 22.9 Å². The van der Waals surface area contributed by atoms with Gasteiger partial charge in [0, 0.05) is 49.6 Å². The Labute approximate surface area is 195 Å². The summed E-state index contributed by atoms with van der Waals surface area (Å²) in [5.74, 6) is 0.124. The lowest BCUT2D eigenvalue weighted by Gasteiger charge is -2.13. The third-order valence-corrected chi connectivity index (χ3v) is 4.92. The van der Waals surface area contributed by atoms with Gasteiger partial charge in [0.25, 0.3) is 0 Å². The summed E-state index contributed by atoms with van der Waals surface area (Å²) < 4.78 is 23.3. The Morgan fingerprint density at radius 2 is 1.91 bits per heavy atom. The molecule has 3 heterocycles. The highest BCUT2D eigenvalue weighted by Gasteiger charge is 2.20. The first-order valence-electron chi connectivity index (χ1n) is 10.5. The number of urea groups is 1. The number of aryl methyl sites for hydroxylation is 2. The molecule has 3 aromatic heterocycles. The second-order valence-electron chi connectivity index (χ2n) is 8.74. The van der Waals surface area contributed by atoms with Crippen LogP contribution in [0.5, 0.6) is 11.8 Å². The highest BCUT2D eigenvalue weighted by molar-refractivity contribution is 5.99. The van der Waals surface area contributed by atoms with E-state index in [4.69, 9.17) is 4.74 Å². The van der Waals surface area contributed by atoms with Crippen molar-refractivity contribution in [3.05, 3.63) is 60.4 Å². The van der Waals surface area contributed by atoms with Crippen LogP contribution in [0.4, 0.5) is 20.7 Å². The maximum atomic E-state index is 14.4. The van der Waals surface area contributed by atoms with Gasteiger partial charge in [-0.3, -0.25) is 14.7 Å². The average molecular weight is 465 g/mol. The van der Waals surface area contributed by atoms with Gasteiger partial charge in [-0.1, -0.05) is 20.8 Å². The number of amides is 2. The van der Waals surface area contributed by atoms with Gasteiger partial charge >= 0.3 is 12.0 Å². The lowest BCUT2D eigenvalue weighted by atomic mass is 9.92. The van der Waals surface area contributed by atoms with Crippen molar-refractivity contribution in [1.29, 1.82) is 0 Å². The van der Waals surface area contributed by atoms with Crippen LogP contribution >= 0.6 is 0 Å². The first-order chi connectivity index (χ1) is 16.1. The third-order valence-electron chi connectivity index (χ3n) is 4.92. The molecule has 1 aromatic carbocycles. The van der Waals surface area contributed by atoms with Crippen molar-refractivity contribution in [2.24, 2.45) is 14.1 Å². The minimum Gasteiger partial charge on any atom is -0.424 e. The maximum absolute atomic E-state index is 14.4. The molecule has 0 spiro atoms. The van der Waals surface area contributed by atoms with Crippen molar-refractivity contribution in [1.82, 2.24) is 29.5 Å². The van der Waals surface area contributed by atoms with E-state index in [0.29, 0.717) is 11.5 Å². The van der Waals surface area contributed by atoms with Crippen LogP contribution in [0, 0.1) is 5.82 Å². The molecule has 0 aliphatic heterocycles. The van der Waals surface area contributed by atoms with Crippen LogP contribution in [0.2, 0.25) is 0 Å². The van der Waals surface area contributed by atoms with Gasteiger partial charge in [0.15, 0.2) is 0 Å². The molecule has 0 radical (unpaired) electrons. The topological polar surface area (TPSA) is 112 Å². The Morgan fingerprint density at radius 3 is 2.59 bits per heavy atom. The zero-order chi connectivity index (χ0) is 24.5.